The third kappa shape index (κ3) is 5.58. The first kappa shape index (κ1) is 15.1. The van der Waals surface area contributed by atoms with Gasteiger partial charge in [0.05, 0.1) is 5.02 Å². The van der Waals surface area contributed by atoms with E-state index in [-0.39, 0.29) is 17.5 Å². The van der Waals surface area contributed by atoms with E-state index in [0.717, 1.165) is 0 Å². The van der Waals surface area contributed by atoms with Crippen molar-refractivity contribution in [2.24, 2.45) is 0 Å². The molecule has 0 radical (unpaired) electrons. The number of anilines is 1. The topological polar surface area (TPSA) is 12.0 Å². The van der Waals surface area contributed by atoms with Gasteiger partial charge in [0.2, 0.25) is 0 Å². The van der Waals surface area contributed by atoms with Gasteiger partial charge in [-0.05, 0) is 38.0 Å². The van der Waals surface area contributed by atoms with Gasteiger partial charge in [-0.1, -0.05) is 11.6 Å². The van der Waals surface area contributed by atoms with Crippen molar-refractivity contribution in [2.45, 2.75) is 38.4 Å². The van der Waals surface area contributed by atoms with Gasteiger partial charge in [0.15, 0.2) is 0 Å². The summed E-state index contributed by atoms with van der Waals surface area (Å²) in [5.41, 5.74) is 0.511. The summed E-state index contributed by atoms with van der Waals surface area (Å²) < 4.78 is 49.0. The lowest BCUT2D eigenvalue weighted by molar-refractivity contribution is -0.135. The van der Waals surface area contributed by atoms with Gasteiger partial charge in [0, 0.05) is 18.2 Å². The second-order valence-corrected chi connectivity index (χ2v) is 4.59. The third-order valence-corrected chi connectivity index (χ3v) is 2.74. The van der Waals surface area contributed by atoms with Gasteiger partial charge in [-0.25, -0.2) is 4.39 Å². The molecule has 0 bridgehead atoms. The first-order chi connectivity index (χ1) is 8.28. The SMILES string of the molecule is CC(CCCC(F)(F)F)Nc1ccc(Cl)c(F)c1. The first-order valence-corrected chi connectivity index (χ1v) is 5.94. The number of rotatable bonds is 5. The fraction of sp³-hybridized carbons (Fsp3) is 0.500. The number of nitrogens with one attached hydrogen (secondary N) is 1. The van der Waals surface area contributed by atoms with Crippen LogP contribution >= 0.6 is 11.6 Å². The molecule has 18 heavy (non-hydrogen) atoms. The summed E-state index contributed by atoms with van der Waals surface area (Å²) in [5, 5.41) is 2.95. The monoisotopic (exact) mass is 283 g/mol. The average molecular weight is 284 g/mol. The van der Waals surface area contributed by atoms with Gasteiger partial charge in [-0.15, -0.1) is 0 Å². The highest BCUT2D eigenvalue weighted by Crippen LogP contribution is 2.24. The van der Waals surface area contributed by atoms with E-state index in [9.17, 15) is 17.6 Å². The van der Waals surface area contributed by atoms with Crippen LogP contribution in [0.1, 0.15) is 26.2 Å². The van der Waals surface area contributed by atoms with Gasteiger partial charge >= 0.3 is 6.18 Å². The molecule has 0 saturated heterocycles. The third-order valence-electron chi connectivity index (χ3n) is 2.43. The van der Waals surface area contributed by atoms with Crippen molar-refractivity contribution in [3.05, 3.63) is 29.0 Å². The molecular formula is C12H14ClF4N. The zero-order valence-corrected chi connectivity index (χ0v) is 10.6. The van der Waals surface area contributed by atoms with E-state index in [2.05, 4.69) is 5.32 Å². The predicted molar refractivity (Wildman–Crippen MR) is 64.4 cm³/mol. The molecule has 1 aromatic rings. The number of alkyl halides is 3. The molecule has 1 N–H and O–H groups in total. The van der Waals surface area contributed by atoms with E-state index < -0.39 is 18.4 Å². The highest BCUT2D eigenvalue weighted by molar-refractivity contribution is 6.30. The molecule has 0 amide bonds. The van der Waals surface area contributed by atoms with Crippen LogP contribution in [0.4, 0.5) is 23.2 Å². The van der Waals surface area contributed by atoms with Crippen molar-refractivity contribution in [2.75, 3.05) is 5.32 Å². The van der Waals surface area contributed by atoms with E-state index in [1.54, 1.807) is 13.0 Å². The normalized spacial score (nSPS) is 13.4. The Hall–Kier alpha value is -0.970. The van der Waals surface area contributed by atoms with Crippen LogP contribution in [-0.2, 0) is 0 Å². The van der Waals surface area contributed by atoms with Gasteiger partial charge in [-0.2, -0.15) is 13.2 Å². The van der Waals surface area contributed by atoms with Crippen LogP contribution in [0.25, 0.3) is 0 Å². The highest BCUT2D eigenvalue weighted by Gasteiger charge is 2.26. The van der Waals surface area contributed by atoms with Crippen LogP contribution in [0.2, 0.25) is 5.02 Å². The Morgan fingerprint density at radius 3 is 2.56 bits per heavy atom. The molecule has 0 spiro atoms. The Balaban J connectivity index is 2.40. The summed E-state index contributed by atoms with van der Waals surface area (Å²) in [6.45, 7) is 1.75. The van der Waals surface area contributed by atoms with Gasteiger partial charge in [0.25, 0.3) is 0 Å². The Kier molecular flexibility index (Phi) is 5.26. The molecule has 1 atom stereocenters. The number of halogens is 5. The maximum absolute atomic E-state index is 13.1. The van der Waals surface area contributed by atoms with Crippen LogP contribution < -0.4 is 5.32 Å². The number of benzene rings is 1. The standard InChI is InChI=1S/C12H14ClF4N/c1-8(3-2-6-12(15,16)17)18-9-4-5-10(13)11(14)7-9/h4-5,7-8,18H,2-3,6H2,1H3. The van der Waals surface area contributed by atoms with Crippen LogP contribution in [0.5, 0.6) is 0 Å². The van der Waals surface area contributed by atoms with Crippen molar-refractivity contribution < 1.29 is 17.6 Å². The fourth-order valence-corrected chi connectivity index (χ4v) is 1.67. The van der Waals surface area contributed by atoms with Crippen LogP contribution in [-0.4, -0.2) is 12.2 Å². The lowest BCUT2D eigenvalue weighted by atomic mass is 10.1. The number of hydrogen-bond donors (Lipinski definition) is 1. The summed E-state index contributed by atoms with van der Waals surface area (Å²) in [5.74, 6) is -0.552. The molecule has 1 unspecified atom stereocenters. The maximum atomic E-state index is 13.1. The van der Waals surface area contributed by atoms with Crippen molar-refractivity contribution >= 4 is 17.3 Å². The highest BCUT2D eigenvalue weighted by atomic mass is 35.5. The molecule has 0 aliphatic rings. The molecule has 0 heterocycles. The Bertz CT molecular complexity index is 392. The molecule has 0 fully saturated rings. The van der Waals surface area contributed by atoms with Gasteiger partial charge in [-0.3, -0.25) is 0 Å². The lowest BCUT2D eigenvalue weighted by Crippen LogP contribution is -2.16. The maximum Gasteiger partial charge on any atom is 0.389 e. The summed E-state index contributed by atoms with van der Waals surface area (Å²) in [6, 6.07) is 4.06. The van der Waals surface area contributed by atoms with Crippen molar-refractivity contribution in [3.8, 4) is 0 Å². The second kappa shape index (κ2) is 6.27. The molecule has 1 aromatic carbocycles. The Labute approximate surface area is 108 Å². The minimum atomic E-state index is -4.12. The van der Waals surface area contributed by atoms with E-state index in [0.29, 0.717) is 12.1 Å². The average Bonchev–Trinajstić information content (AvgIpc) is 2.21. The smallest absolute Gasteiger partial charge is 0.383 e. The Morgan fingerprint density at radius 2 is 2.00 bits per heavy atom. The zero-order chi connectivity index (χ0) is 13.8. The molecule has 0 aromatic heterocycles. The van der Waals surface area contributed by atoms with E-state index in [4.69, 9.17) is 11.6 Å². The van der Waals surface area contributed by atoms with Crippen LogP contribution in [0, 0.1) is 5.82 Å². The zero-order valence-electron chi connectivity index (χ0n) is 9.82. The van der Waals surface area contributed by atoms with E-state index in [1.165, 1.54) is 12.1 Å². The first-order valence-electron chi connectivity index (χ1n) is 5.56. The van der Waals surface area contributed by atoms with Crippen LogP contribution in [0.3, 0.4) is 0 Å². The molecule has 6 heteroatoms. The van der Waals surface area contributed by atoms with Crippen LogP contribution in [0.15, 0.2) is 18.2 Å². The molecule has 1 nitrogen and oxygen atoms in total. The Morgan fingerprint density at radius 1 is 1.33 bits per heavy atom. The molecular weight excluding hydrogens is 270 g/mol. The van der Waals surface area contributed by atoms with Gasteiger partial charge in [0.1, 0.15) is 5.82 Å². The largest absolute Gasteiger partial charge is 0.389 e. The molecule has 0 aliphatic carbocycles. The summed E-state index contributed by atoms with van der Waals surface area (Å²) in [4.78, 5) is 0. The molecule has 102 valence electrons. The quantitative estimate of drug-likeness (QED) is 0.749. The molecule has 0 saturated carbocycles. The molecule has 0 aliphatic heterocycles. The van der Waals surface area contributed by atoms with Crippen molar-refractivity contribution in [3.63, 3.8) is 0 Å². The minimum absolute atomic E-state index is 0.0188. The summed E-state index contributed by atoms with van der Waals surface area (Å²) in [6.07, 6.45) is -4.50. The predicted octanol–water partition coefficient (Wildman–Crippen LogP) is 5.01. The lowest BCUT2D eigenvalue weighted by Gasteiger charge is -2.16. The fourth-order valence-electron chi connectivity index (χ4n) is 1.55. The van der Waals surface area contributed by atoms with Gasteiger partial charge < -0.3 is 5.32 Å². The minimum Gasteiger partial charge on any atom is -0.383 e. The summed E-state index contributed by atoms with van der Waals surface area (Å²) in [7, 11) is 0. The van der Waals surface area contributed by atoms with E-state index >= 15 is 0 Å². The molecule has 1 rings (SSSR count). The van der Waals surface area contributed by atoms with Crippen molar-refractivity contribution in [1.82, 2.24) is 0 Å². The summed E-state index contributed by atoms with van der Waals surface area (Å²) >= 11 is 5.52. The van der Waals surface area contributed by atoms with Crippen molar-refractivity contribution in [1.29, 1.82) is 0 Å². The van der Waals surface area contributed by atoms with E-state index in [1.807, 2.05) is 0 Å². The second-order valence-electron chi connectivity index (χ2n) is 4.18. The number of hydrogen-bond acceptors (Lipinski definition) is 1.